The number of amides is 1. The van der Waals surface area contributed by atoms with Crippen LogP contribution in [-0.4, -0.2) is 33.2 Å². The summed E-state index contributed by atoms with van der Waals surface area (Å²) in [6.45, 7) is 2.09. The molecule has 0 unspecified atom stereocenters. The van der Waals surface area contributed by atoms with Crippen LogP contribution < -0.4 is 5.32 Å². The third-order valence-corrected chi connectivity index (χ3v) is 6.99. The van der Waals surface area contributed by atoms with Gasteiger partial charge in [0.15, 0.2) is 0 Å². The van der Waals surface area contributed by atoms with E-state index in [4.69, 9.17) is 19.2 Å². The molecular formula is C27H47BrNO5P. The van der Waals surface area contributed by atoms with Crippen molar-refractivity contribution in [3.8, 4) is 0 Å². The molecule has 1 aromatic rings. The summed E-state index contributed by atoms with van der Waals surface area (Å²) in [6, 6.07) is 7.21. The first-order valence-electron chi connectivity index (χ1n) is 13.3. The number of benzene rings is 1. The van der Waals surface area contributed by atoms with Gasteiger partial charge in [0.2, 0.25) is 0 Å². The van der Waals surface area contributed by atoms with Gasteiger partial charge in [-0.3, -0.25) is 0 Å². The monoisotopic (exact) mass is 575 g/mol. The zero-order valence-corrected chi connectivity index (χ0v) is 24.0. The Bertz CT molecular complexity index is 694. The summed E-state index contributed by atoms with van der Waals surface area (Å²) in [5.41, 5.74) is 0.976. The van der Waals surface area contributed by atoms with Crippen LogP contribution in [0.25, 0.3) is 0 Å². The van der Waals surface area contributed by atoms with Gasteiger partial charge in [0.1, 0.15) is 0 Å². The maximum atomic E-state index is 12.4. The van der Waals surface area contributed by atoms with Crippen LogP contribution in [0.4, 0.5) is 0 Å². The summed E-state index contributed by atoms with van der Waals surface area (Å²) in [5.74, 6) is -0.0885. The van der Waals surface area contributed by atoms with Crippen LogP contribution >= 0.6 is 24.1 Å². The molecule has 202 valence electrons. The molecule has 0 aliphatic heterocycles. The van der Waals surface area contributed by atoms with E-state index < -0.39 is 14.2 Å². The van der Waals surface area contributed by atoms with Crippen molar-refractivity contribution in [3.05, 3.63) is 46.5 Å². The molecular weight excluding hydrogens is 529 g/mol. The summed E-state index contributed by atoms with van der Waals surface area (Å²) in [4.78, 5) is 39.9. The Morgan fingerprint density at radius 3 is 2.03 bits per heavy atom. The Hall–Kier alpha value is -0.820. The minimum atomic E-state index is -4.62. The van der Waals surface area contributed by atoms with Crippen LogP contribution in [0.5, 0.6) is 0 Å². The molecule has 1 rings (SSSR count). The number of nitrogens with one attached hydrogen (secondary N) is 1. The van der Waals surface area contributed by atoms with E-state index in [9.17, 15) is 4.79 Å². The molecule has 1 aromatic carbocycles. The number of unbranched alkanes of at least 4 members (excludes halogenated alkanes) is 11. The van der Waals surface area contributed by atoms with Crippen molar-refractivity contribution >= 4 is 30.0 Å². The number of hydrogen-bond donors (Lipinski definition) is 4. The average molecular weight is 577 g/mol. The van der Waals surface area contributed by atoms with Crippen LogP contribution in [0.2, 0.25) is 0 Å². The van der Waals surface area contributed by atoms with E-state index in [0.29, 0.717) is 12.8 Å². The Morgan fingerprint density at radius 1 is 0.914 bits per heavy atom. The van der Waals surface area contributed by atoms with Crippen molar-refractivity contribution < 1.29 is 24.0 Å². The molecule has 0 spiro atoms. The van der Waals surface area contributed by atoms with E-state index in [0.717, 1.165) is 35.7 Å². The topological polar surface area (TPSA) is 99.0 Å². The van der Waals surface area contributed by atoms with Gasteiger partial charge >= 0.3 is 158 Å². The number of halogens is 1. The van der Waals surface area contributed by atoms with Crippen LogP contribution in [0.15, 0.2) is 40.9 Å². The number of rotatable bonds is 21. The zero-order valence-electron chi connectivity index (χ0n) is 21.4. The van der Waals surface area contributed by atoms with Crippen molar-refractivity contribution in [2.45, 2.75) is 109 Å². The van der Waals surface area contributed by atoms with Gasteiger partial charge in [-0.15, -0.1) is 0 Å². The quantitative estimate of drug-likeness (QED) is 0.0724. The number of allylic oxidation sites excluding steroid dienone is 2. The minimum absolute atomic E-state index is 0.0885. The molecule has 0 fully saturated rings. The molecule has 6 nitrogen and oxygen atoms in total. The molecule has 0 aliphatic carbocycles. The first-order valence-corrected chi connectivity index (χ1v) is 15.8. The molecule has 0 bridgehead atoms. The van der Waals surface area contributed by atoms with E-state index in [-0.39, 0.29) is 12.5 Å². The molecule has 35 heavy (non-hydrogen) atoms. The molecule has 0 saturated carbocycles. The van der Waals surface area contributed by atoms with Crippen LogP contribution in [0, 0.1) is 0 Å². The van der Waals surface area contributed by atoms with Gasteiger partial charge in [0.25, 0.3) is 0 Å². The van der Waals surface area contributed by atoms with Gasteiger partial charge in [0, 0.05) is 0 Å². The number of carbonyl (C=O) groups excluding carboxylic acids is 1. The van der Waals surface area contributed by atoms with Crippen molar-refractivity contribution in [2.24, 2.45) is 0 Å². The SMILES string of the molecule is CCCCCCCC/C=C\CCCCCCCC(=O)N[C@@H](CO[PH](O)(O)O)Cc1ccc(Br)cc1. The Labute approximate surface area is 221 Å². The molecule has 0 saturated heterocycles. The number of carbonyl (C=O) groups is 1. The average Bonchev–Trinajstić information content (AvgIpc) is 2.81. The predicted molar refractivity (Wildman–Crippen MR) is 150 cm³/mol. The third-order valence-electron chi connectivity index (χ3n) is 5.90. The third kappa shape index (κ3) is 20.0. The van der Waals surface area contributed by atoms with Gasteiger partial charge in [-0.25, -0.2) is 0 Å². The van der Waals surface area contributed by atoms with Crippen molar-refractivity contribution in [2.75, 3.05) is 6.61 Å². The molecule has 0 heterocycles. The molecule has 0 aromatic heterocycles. The standard InChI is InChI=1S/C27H47BrNO5P/c1-2-3-4-5-6-7-8-9-10-11-12-13-14-15-16-17-27(30)29-26(23-34-35(31,32)33)22-24-18-20-25(28)21-19-24/h9-10,18-21,26,31-33,35H,2-8,11-17,22-23H2,1H3,(H,29,30)/b10-9-/t26-/m1/s1. The van der Waals surface area contributed by atoms with Gasteiger partial charge in [-0.2, -0.15) is 0 Å². The fourth-order valence-electron chi connectivity index (χ4n) is 3.93. The van der Waals surface area contributed by atoms with Gasteiger partial charge in [-0.05, 0) is 12.8 Å². The van der Waals surface area contributed by atoms with Crippen LogP contribution in [-0.2, 0) is 15.7 Å². The zero-order chi connectivity index (χ0) is 25.8. The normalized spacial score (nSPS) is 13.3. The van der Waals surface area contributed by atoms with Crippen molar-refractivity contribution in [3.63, 3.8) is 0 Å². The van der Waals surface area contributed by atoms with E-state index in [1.807, 2.05) is 24.3 Å². The second-order valence-electron chi connectivity index (χ2n) is 9.31. The van der Waals surface area contributed by atoms with Gasteiger partial charge < -0.3 is 0 Å². The van der Waals surface area contributed by atoms with Crippen LogP contribution in [0.1, 0.15) is 102 Å². The van der Waals surface area contributed by atoms with E-state index in [1.165, 1.54) is 57.8 Å². The van der Waals surface area contributed by atoms with Crippen molar-refractivity contribution in [1.29, 1.82) is 0 Å². The van der Waals surface area contributed by atoms with E-state index >= 15 is 0 Å². The Kier molecular flexibility index (Phi) is 18.6. The molecule has 1 amide bonds. The summed E-state index contributed by atoms with van der Waals surface area (Å²) in [5, 5.41) is 2.91. The summed E-state index contributed by atoms with van der Waals surface area (Å²) in [6.07, 6.45) is 21.3. The predicted octanol–water partition coefficient (Wildman–Crippen LogP) is 6.92. The summed E-state index contributed by atoms with van der Waals surface area (Å²) >= 11 is 3.39. The first-order chi connectivity index (χ1) is 16.8. The maximum absolute atomic E-state index is 12.4. The van der Waals surface area contributed by atoms with Gasteiger partial charge in [-0.1, -0.05) is 51.2 Å². The van der Waals surface area contributed by atoms with Crippen LogP contribution in [0.3, 0.4) is 0 Å². The number of hydrogen-bond acceptors (Lipinski definition) is 5. The fourth-order valence-corrected chi connectivity index (χ4v) is 4.61. The first kappa shape index (κ1) is 32.2. The van der Waals surface area contributed by atoms with Crippen molar-refractivity contribution in [1.82, 2.24) is 5.32 Å². The molecule has 0 radical (unpaired) electrons. The second kappa shape index (κ2) is 20.3. The Balaban J connectivity index is 2.15. The fraction of sp³-hybridized carbons (Fsp3) is 0.667. The molecule has 1 atom stereocenters. The Morgan fingerprint density at radius 2 is 1.46 bits per heavy atom. The van der Waals surface area contributed by atoms with E-state index in [2.05, 4.69) is 40.3 Å². The van der Waals surface area contributed by atoms with Gasteiger partial charge in [0.05, 0.1) is 0 Å². The summed E-state index contributed by atoms with van der Waals surface area (Å²) in [7, 11) is -4.62. The molecule has 8 heteroatoms. The van der Waals surface area contributed by atoms with E-state index in [1.54, 1.807) is 0 Å². The molecule has 0 aliphatic rings. The second-order valence-corrected chi connectivity index (χ2v) is 11.7. The summed E-state index contributed by atoms with van der Waals surface area (Å²) < 4.78 is 5.75. The molecule has 4 N–H and O–H groups in total.